The fourth-order valence-electron chi connectivity index (χ4n) is 1.89. The molecule has 0 saturated heterocycles. The Morgan fingerprint density at radius 2 is 2.05 bits per heavy atom. The Morgan fingerprint density at radius 3 is 2.70 bits per heavy atom. The second-order valence-corrected chi connectivity index (χ2v) is 5.29. The van der Waals surface area contributed by atoms with Crippen molar-refractivity contribution in [2.24, 2.45) is 0 Å². The predicted molar refractivity (Wildman–Crippen MR) is 84.2 cm³/mol. The summed E-state index contributed by atoms with van der Waals surface area (Å²) in [5, 5.41) is 2.83. The quantitative estimate of drug-likeness (QED) is 0.843. The Kier molecular flexibility index (Phi) is 4.29. The van der Waals surface area contributed by atoms with Gasteiger partial charge in [0.25, 0.3) is 5.91 Å². The van der Waals surface area contributed by atoms with Gasteiger partial charge in [-0.15, -0.1) is 0 Å². The standard InChI is InChI=1S/C15H15BrN2O2/c1-9-6-11(16)8-13(17)14(9)18-15(19)10-4-3-5-12(7-10)20-2/h3-8H,17H2,1-2H3,(H,18,19). The van der Waals surface area contributed by atoms with Crippen LogP contribution in [-0.2, 0) is 0 Å². The number of halogens is 1. The average molecular weight is 335 g/mol. The van der Waals surface area contributed by atoms with Crippen molar-refractivity contribution in [2.45, 2.75) is 6.92 Å². The molecule has 0 aliphatic rings. The minimum absolute atomic E-state index is 0.221. The molecule has 0 aliphatic heterocycles. The highest BCUT2D eigenvalue weighted by atomic mass is 79.9. The van der Waals surface area contributed by atoms with Gasteiger partial charge in [-0.2, -0.15) is 0 Å². The molecule has 0 spiro atoms. The fourth-order valence-corrected chi connectivity index (χ4v) is 2.48. The van der Waals surface area contributed by atoms with Crippen LogP contribution in [0.2, 0.25) is 0 Å². The molecule has 0 saturated carbocycles. The summed E-state index contributed by atoms with van der Waals surface area (Å²) in [6.07, 6.45) is 0. The number of nitrogens with one attached hydrogen (secondary N) is 1. The number of nitrogen functional groups attached to an aromatic ring is 1. The summed E-state index contributed by atoms with van der Waals surface area (Å²) in [5.41, 5.74) is 8.50. The molecule has 0 aromatic heterocycles. The van der Waals surface area contributed by atoms with E-state index in [0.29, 0.717) is 22.7 Å². The molecular weight excluding hydrogens is 320 g/mol. The van der Waals surface area contributed by atoms with Crippen molar-refractivity contribution >= 4 is 33.2 Å². The van der Waals surface area contributed by atoms with Crippen LogP contribution >= 0.6 is 15.9 Å². The third kappa shape index (κ3) is 3.11. The van der Waals surface area contributed by atoms with Crippen molar-refractivity contribution in [3.63, 3.8) is 0 Å². The number of nitrogens with two attached hydrogens (primary N) is 1. The lowest BCUT2D eigenvalue weighted by Gasteiger charge is -2.12. The van der Waals surface area contributed by atoms with Crippen LogP contribution in [0, 0.1) is 6.92 Å². The lowest BCUT2D eigenvalue weighted by Crippen LogP contribution is -2.14. The molecule has 4 nitrogen and oxygen atoms in total. The van der Waals surface area contributed by atoms with Gasteiger partial charge >= 0.3 is 0 Å². The second kappa shape index (κ2) is 5.96. The van der Waals surface area contributed by atoms with E-state index >= 15 is 0 Å². The van der Waals surface area contributed by atoms with E-state index in [1.165, 1.54) is 0 Å². The van der Waals surface area contributed by atoms with E-state index in [0.717, 1.165) is 10.0 Å². The Labute approximate surface area is 126 Å². The van der Waals surface area contributed by atoms with E-state index in [-0.39, 0.29) is 5.91 Å². The zero-order valence-corrected chi connectivity index (χ0v) is 12.8. The second-order valence-electron chi connectivity index (χ2n) is 4.37. The van der Waals surface area contributed by atoms with Gasteiger partial charge in [0.2, 0.25) is 0 Å². The van der Waals surface area contributed by atoms with E-state index in [1.54, 1.807) is 37.4 Å². The number of methoxy groups -OCH3 is 1. The molecule has 0 fully saturated rings. The van der Waals surface area contributed by atoms with Crippen LogP contribution < -0.4 is 15.8 Å². The molecule has 0 aliphatic carbocycles. The highest BCUT2D eigenvalue weighted by molar-refractivity contribution is 9.10. The molecule has 2 aromatic carbocycles. The van der Waals surface area contributed by atoms with E-state index < -0.39 is 0 Å². The van der Waals surface area contributed by atoms with Crippen molar-refractivity contribution in [3.05, 3.63) is 52.0 Å². The first-order valence-electron chi connectivity index (χ1n) is 6.02. The molecule has 0 atom stereocenters. The van der Waals surface area contributed by atoms with Crippen LogP contribution in [0.25, 0.3) is 0 Å². The first-order valence-corrected chi connectivity index (χ1v) is 6.81. The third-order valence-electron chi connectivity index (χ3n) is 2.90. The summed E-state index contributed by atoms with van der Waals surface area (Å²) in [7, 11) is 1.56. The van der Waals surface area contributed by atoms with Crippen molar-refractivity contribution < 1.29 is 9.53 Å². The SMILES string of the molecule is COc1cccc(C(=O)Nc2c(C)cc(Br)cc2N)c1. The van der Waals surface area contributed by atoms with Gasteiger partial charge in [0.05, 0.1) is 18.5 Å². The van der Waals surface area contributed by atoms with Gasteiger partial charge in [0.1, 0.15) is 5.75 Å². The number of carbonyl (C=O) groups excluding carboxylic acids is 1. The monoisotopic (exact) mass is 334 g/mol. The summed E-state index contributed by atoms with van der Waals surface area (Å²) in [6, 6.07) is 10.6. The summed E-state index contributed by atoms with van der Waals surface area (Å²) in [6.45, 7) is 1.89. The molecule has 3 N–H and O–H groups in total. The van der Waals surface area contributed by atoms with Crippen molar-refractivity contribution in [2.75, 3.05) is 18.2 Å². The van der Waals surface area contributed by atoms with Crippen LogP contribution in [0.1, 0.15) is 15.9 Å². The van der Waals surface area contributed by atoms with Gasteiger partial charge in [-0.3, -0.25) is 4.79 Å². The molecule has 2 rings (SSSR count). The fraction of sp³-hybridized carbons (Fsp3) is 0.133. The van der Waals surface area contributed by atoms with Crippen LogP contribution in [0.15, 0.2) is 40.9 Å². The number of benzene rings is 2. The Morgan fingerprint density at radius 1 is 1.30 bits per heavy atom. The lowest BCUT2D eigenvalue weighted by atomic mass is 10.1. The van der Waals surface area contributed by atoms with E-state index in [9.17, 15) is 4.79 Å². The molecule has 2 aromatic rings. The zero-order valence-electron chi connectivity index (χ0n) is 11.2. The summed E-state index contributed by atoms with van der Waals surface area (Å²) < 4.78 is 5.99. The molecule has 1 amide bonds. The highest BCUT2D eigenvalue weighted by Crippen LogP contribution is 2.28. The summed E-state index contributed by atoms with van der Waals surface area (Å²) in [5.74, 6) is 0.416. The highest BCUT2D eigenvalue weighted by Gasteiger charge is 2.11. The number of anilines is 2. The largest absolute Gasteiger partial charge is 0.497 e. The topological polar surface area (TPSA) is 64.3 Å². The number of rotatable bonds is 3. The summed E-state index contributed by atoms with van der Waals surface area (Å²) >= 11 is 3.37. The molecule has 0 heterocycles. The molecule has 5 heteroatoms. The molecule has 104 valence electrons. The van der Waals surface area contributed by atoms with Crippen LogP contribution in [0.3, 0.4) is 0 Å². The maximum Gasteiger partial charge on any atom is 0.255 e. The average Bonchev–Trinajstić information content (AvgIpc) is 2.42. The maximum atomic E-state index is 12.2. The van der Waals surface area contributed by atoms with Crippen LogP contribution in [-0.4, -0.2) is 13.0 Å². The molecule has 0 bridgehead atoms. The van der Waals surface area contributed by atoms with Crippen molar-refractivity contribution in [1.29, 1.82) is 0 Å². The molecule has 20 heavy (non-hydrogen) atoms. The molecule has 0 unspecified atom stereocenters. The molecule has 0 radical (unpaired) electrons. The van der Waals surface area contributed by atoms with E-state index in [1.807, 2.05) is 13.0 Å². The van der Waals surface area contributed by atoms with Crippen LogP contribution in [0.4, 0.5) is 11.4 Å². The Balaban J connectivity index is 2.28. The van der Waals surface area contributed by atoms with Gasteiger partial charge in [-0.1, -0.05) is 22.0 Å². The number of amides is 1. The van der Waals surface area contributed by atoms with Gasteiger partial charge in [0, 0.05) is 10.0 Å². The maximum absolute atomic E-state index is 12.2. The normalized spacial score (nSPS) is 10.2. The van der Waals surface area contributed by atoms with Crippen molar-refractivity contribution in [1.82, 2.24) is 0 Å². The Hall–Kier alpha value is -2.01. The van der Waals surface area contributed by atoms with Gasteiger partial charge in [0.15, 0.2) is 0 Å². The minimum atomic E-state index is -0.221. The molecular formula is C15H15BrN2O2. The minimum Gasteiger partial charge on any atom is -0.497 e. The van der Waals surface area contributed by atoms with E-state index in [2.05, 4.69) is 21.2 Å². The van der Waals surface area contributed by atoms with Crippen molar-refractivity contribution in [3.8, 4) is 5.75 Å². The lowest BCUT2D eigenvalue weighted by molar-refractivity contribution is 0.102. The Bertz CT molecular complexity index is 633. The predicted octanol–water partition coefficient (Wildman–Crippen LogP) is 3.60. The zero-order chi connectivity index (χ0) is 14.7. The first kappa shape index (κ1) is 14.4. The summed E-state index contributed by atoms with van der Waals surface area (Å²) in [4.78, 5) is 12.2. The van der Waals surface area contributed by atoms with Gasteiger partial charge < -0.3 is 15.8 Å². The van der Waals surface area contributed by atoms with Gasteiger partial charge in [-0.25, -0.2) is 0 Å². The van der Waals surface area contributed by atoms with Gasteiger partial charge in [-0.05, 0) is 42.8 Å². The first-order chi connectivity index (χ1) is 9.51. The number of hydrogen-bond donors (Lipinski definition) is 2. The number of carbonyl (C=O) groups is 1. The van der Waals surface area contributed by atoms with E-state index in [4.69, 9.17) is 10.5 Å². The third-order valence-corrected chi connectivity index (χ3v) is 3.36. The van der Waals surface area contributed by atoms with Crippen LogP contribution in [0.5, 0.6) is 5.75 Å². The number of aryl methyl sites for hydroxylation is 1. The smallest absolute Gasteiger partial charge is 0.255 e. The number of hydrogen-bond acceptors (Lipinski definition) is 3. The number of ether oxygens (including phenoxy) is 1.